The van der Waals surface area contributed by atoms with Crippen molar-refractivity contribution < 1.29 is 4.42 Å². The van der Waals surface area contributed by atoms with Gasteiger partial charge in [-0.2, -0.15) is 0 Å². The van der Waals surface area contributed by atoms with Gasteiger partial charge in [-0.25, -0.2) is 0 Å². The highest BCUT2D eigenvalue weighted by atomic mass is 16.3. The van der Waals surface area contributed by atoms with Crippen LogP contribution in [-0.2, 0) is 6.42 Å². The number of nitrogens with two attached hydrogens (primary N) is 1. The van der Waals surface area contributed by atoms with Gasteiger partial charge in [-0.3, -0.25) is 0 Å². The van der Waals surface area contributed by atoms with Gasteiger partial charge in [0.15, 0.2) is 0 Å². The molecule has 0 fully saturated rings. The number of aromatic nitrogens is 1. The number of benzene rings is 4. The van der Waals surface area contributed by atoms with Crippen molar-refractivity contribution >= 4 is 38.9 Å². The third kappa shape index (κ3) is 2.69. The zero-order valence-corrected chi connectivity index (χ0v) is 18.1. The van der Waals surface area contributed by atoms with E-state index in [0.29, 0.717) is 0 Å². The van der Waals surface area contributed by atoms with E-state index < -0.39 is 0 Å². The molecule has 3 nitrogen and oxygen atoms in total. The van der Waals surface area contributed by atoms with Gasteiger partial charge in [0.1, 0.15) is 11.3 Å². The predicted octanol–water partition coefficient (Wildman–Crippen LogP) is 7.44. The second-order valence-electron chi connectivity index (χ2n) is 8.76. The molecule has 4 aromatic carbocycles. The van der Waals surface area contributed by atoms with Gasteiger partial charge < -0.3 is 14.7 Å². The average Bonchev–Trinajstić information content (AvgIpc) is 3.39. The number of furan rings is 1. The highest BCUT2D eigenvalue weighted by Crippen LogP contribution is 2.39. The minimum atomic E-state index is 0.857. The zero-order chi connectivity index (χ0) is 21.9. The third-order valence-corrected chi connectivity index (χ3v) is 6.81. The van der Waals surface area contributed by atoms with E-state index in [1.54, 1.807) is 0 Å². The first-order chi connectivity index (χ1) is 16.3. The lowest BCUT2D eigenvalue weighted by atomic mass is 9.97. The molecule has 7 rings (SSSR count). The topological polar surface area (TPSA) is 44.1 Å². The summed E-state index contributed by atoms with van der Waals surface area (Å²) in [6.45, 7) is 0. The highest BCUT2D eigenvalue weighted by molar-refractivity contribution is 6.09. The van der Waals surface area contributed by atoms with Gasteiger partial charge in [0, 0.05) is 39.4 Å². The van der Waals surface area contributed by atoms with Gasteiger partial charge in [-0.1, -0.05) is 60.7 Å². The fourth-order valence-corrected chi connectivity index (χ4v) is 5.29. The van der Waals surface area contributed by atoms with E-state index in [1.807, 2.05) is 0 Å². The van der Waals surface area contributed by atoms with Crippen LogP contribution in [0, 0.1) is 0 Å². The molecule has 0 bridgehead atoms. The Labute approximate surface area is 191 Å². The fourth-order valence-electron chi connectivity index (χ4n) is 5.29. The summed E-state index contributed by atoms with van der Waals surface area (Å²) in [6, 6.07) is 32.4. The number of fused-ring (bicyclic) bond motifs is 6. The van der Waals surface area contributed by atoms with Gasteiger partial charge in [0.05, 0.1) is 16.7 Å². The van der Waals surface area contributed by atoms with Crippen LogP contribution in [0.1, 0.15) is 17.7 Å². The first kappa shape index (κ1) is 18.3. The molecule has 0 unspecified atom stereocenters. The summed E-state index contributed by atoms with van der Waals surface area (Å²) in [7, 11) is 0. The highest BCUT2D eigenvalue weighted by Gasteiger charge is 2.19. The quantitative estimate of drug-likeness (QED) is 0.313. The van der Waals surface area contributed by atoms with E-state index in [0.717, 1.165) is 40.8 Å². The van der Waals surface area contributed by atoms with Crippen LogP contribution in [0.25, 0.3) is 55.7 Å². The molecule has 3 heteroatoms. The Morgan fingerprint density at radius 3 is 2.18 bits per heavy atom. The van der Waals surface area contributed by atoms with Crippen LogP contribution in [0.5, 0.6) is 0 Å². The van der Waals surface area contributed by atoms with E-state index in [-0.39, 0.29) is 0 Å². The molecule has 2 N–H and O–H groups in total. The van der Waals surface area contributed by atoms with Gasteiger partial charge in [-0.05, 0) is 48.4 Å². The second kappa shape index (κ2) is 6.88. The summed E-state index contributed by atoms with van der Waals surface area (Å²) in [6.07, 6.45) is 3.79. The second-order valence-corrected chi connectivity index (χ2v) is 8.76. The monoisotopic (exact) mass is 426 g/mol. The molecule has 0 atom stereocenters. The minimum Gasteiger partial charge on any atom is -0.460 e. The van der Waals surface area contributed by atoms with E-state index in [1.165, 1.54) is 38.6 Å². The minimum absolute atomic E-state index is 0.857. The fraction of sp³-hybridized carbons (Fsp3) is 0.0667. The molecule has 0 aliphatic heterocycles. The molecule has 0 saturated heterocycles. The summed E-state index contributed by atoms with van der Waals surface area (Å²) in [5, 5.41) is 3.66. The van der Waals surface area contributed by atoms with Crippen molar-refractivity contribution in [3.05, 3.63) is 108 Å². The van der Waals surface area contributed by atoms with Crippen molar-refractivity contribution in [1.29, 1.82) is 0 Å². The van der Waals surface area contributed by atoms with Gasteiger partial charge in [-0.15, -0.1) is 0 Å². The van der Waals surface area contributed by atoms with E-state index in [4.69, 9.17) is 10.2 Å². The number of aryl methyl sites for hydroxylation is 1. The largest absolute Gasteiger partial charge is 0.460 e. The van der Waals surface area contributed by atoms with E-state index in [2.05, 4.69) is 102 Å². The van der Waals surface area contributed by atoms with Crippen LogP contribution in [0.15, 0.2) is 101 Å². The van der Waals surface area contributed by atoms with Crippen molar-refractivity contribution in [2.45, 2.75) is 12.8 Å². The third-order valence-electron chi connectivity index (χ3n) is 6.81. The Morgan fingerprint density at radius 2 is 1.39 bits per heavy atom. The van der Waals surface area contributed by atoms with Crippen LogP contribution in [0.4, 0.5) is 0 Å². The maximum atomic E-state index is 6.16. The van der Waals surface area contributed by atoms with Gasteiger partial charge in [0.2, 0.25) is 0 Å². The maximum absolute atomic E-state index is 6.16. The van der Waals surface area contributed by atoms with Crippen LogP contribution < -0.4 is 5.73 Å². The molecule has 2 aromatic heterocycles. The predicted molar refractivity (Wildman–Crippen MR) is 136 cm³/mol. The Hall–Kier alpha value is -4.24. The molecular weight excluding hydrogens is 404 g/mol. The maximum Gasteiger partial charge on any atom is 0.134 e. The Kier molecular flexibility index (Phi) is 3.82. The average molecular weight is 427 g/mol. The van der Waals surface area contributed by atoms with Crippen molar-refractivity contribution in [2.24, 2.45) is 5.73 Å². The van der Waals surface area contributed by atoms with Crippen molar-refractivity contribution in [3.8, 4) is 16.8 Å². The van der Waals surface area contributed by atoms with Crippen LogP contribution in [-0.4, -0.2) is 4.57 Å². The molecule has 0 radical (unpaired) electrons. The Morgan fingerprint density at radius 1 is 0.697 bits per heavy atom. The number of hydrogen-bond donors (Lipinski definition) is 1. The Bertz CT molecular complexity index is 1680. The lowest BCUT2D eigenvalue weighted by Crippen LogP contribution is -2.03. The number of para-hydroxylation sites is 3. The van der Waals surface area contributed by atoms with Crippen molar-refractivity contribution in [2.75, 3.05) is 0 Å². The number of rotatable bonds is 2. The Balaban J connectivity index is 1.51. The lowest BCUT2D eigenvalue weighted by molar-refractivity contribution is 0.542. The molecule has 0 spiro atoms. The molecular formula is C30H22N2O. The van der Waals surface area contributed by atoms with Crippen LogP contribution in [0.2, 0.25) is 0 Å². The van der Waals surface area contributed by atoms with Gasteiger partial charge >= 0.3 is 0 Å². The number of hydrogen-bond acceptors (Lipinski definition) is 2. The molecule has 1 aliphatic rings. The van der Waals surface area contributed by atoms with E-state index in [9.17, 15) is 0 Å². The SMILES string of the molecule is NC1=Cc2c(oc3ccc(-c4ccccc4-n4c5ccccc5c5ccccc54)cc23)CC1. The summed E-state index contributed by atoms with van der Waals surface area (Å²) in [5.74, 6) is 1.03. The molecule has 158 valence electrons. The van der Waals surface area contributed by atoms with Crippen molar-refractivity contribution in [3.63, 3.8) is 0 Å². The molecule has 6 aromatic rings. The van der Waals surface area contributed by atoms with Crippen LogP contribution >= 0.6 is 0 Å². The lowest BCUT2D eigenvalue weighted by Gasteiger charge is -2.14. The number of nitrogens with zero attached hydrogens (tertiary/aromatic N) is 1. The zero-order valence-electron chi connectivity index (χ0n) is 18.1. The summed E-state index contributed by atoms with van der Waals surface area (Å²) >= 11 is 0. The first-order valence-corrected chi connectivity index (χ1v) is 11.4. The number of allylic oxidation sites excluding steroid dienone is 1. The summed E-state index contributed by atoms with van der Waals surface area (Å²) in [5.41, 5.74) is 15.1. The molecule has 0 saturated carbocycles. The van der Waals surface area contributed by atoms with Crippen molar-refractivity contribution in [1.82, 2.24) is 4.57 Å². The first-order valence-electron chi connectivity index (χ1n) is 11.4. The molecule has 1 aliphatic carbocycles. The normalized spacial score (nSPS) is 13.5. The molecule has 33 heavy (non-hydrogen) atoms. The summed E-state index contributed by atoms with van der Waals surface area (Å²) in [4.78, 5) is 0. The van der Waals surface area contributed by atoms with Crippen LogP contribution in [0.3, 0.4) is 0 Å². The summed E-state index contributed by atoms with van der Waals surface area (Å²) < 4.78 is 8.52. The van der Waals surface area contributed by atoms with Gasteiger partial charge in [0.25, 0.3) is 0 Å². The molecule has 2 heterocycles. The van der Waals surface area contributed by atoms with E-state index >= 15 is 0 Å². The standard InChI is InChI=1S/C30H22N2O/c31-20-14-16-30-25(18-20)24-17-19(13-15-29(24)33-30)21-7-1-4-10-26(21)32-27-11-5-2-8-22(27)23-9-3-6-12-28(23)32/h1-13,15,17-18H,14,16,31H2. The molecule has 0 amide bonds. The smallest absolute Gasteiger partial charge is 0.134 e.